The number of urea groups is 2. The molecule has 0 bridgehead atoms. The average Bonchev–Trinajstić information content (AvgIpc) is 1.83. The fourth-order valence-corrected chi connectivity index (χ4v) is 0.444. The molecule has 0 aromatic rings. The Balaban J connectivity index is -0.000000605. The van der Waals surface area contributed by atoms with Gasteiger partial charge in [0.1, 0.15) is 0 Å². The Labute approximate surface area is 107 Å². The molecule has 0 saturated heterocycles. The number of carbonyl (C=O) groups excluding carboxylic acids is 2. The van der Waals surface area contributed by atoms with Crippen LogP contribution in [-0.2, 0) is 46.7 Å². The maximum Gasteiger partial charge on any atom is 0.347 e. The van der Waals surface area contributed by atoms with Gasteiger partial charge in [-0.1, -0.05) is 0 Å². The van der Waals surface area contributed by atoms with Crippen LogP contribution in [0.5, 0.6) is 0 Å². The molecule has 0 atom stereocenters. The first-order valence-electron chi connectivity index (χ1n) is 2.78. The Kier molecular flexibility index (Phi) is 12.2. The van der Waals surface area contributed by atoms with Crippen LogP contribution in [0.15, 0.2) is 0 Å². The van der Waals surface area contributed by atoms with Gasteiger partial charge < -0.3 is 27.2 Å². The van der Waals surface area contributed by atoms with Crippen LogP contribution in [-0.4, -0.2) is 29.3 Å². The molecule has 0 aliphatic heterocycles. The molecule has 8 nitrogen and oxygen atoms in total. The van der Waals surface area contributed by atoms with Gasteiger partial charge in [-0.05, 0) is 0 Å². The van der Waals surface area contributed by atoms with Crippen molar-refractivity contribution in [3.8, 4) is 0 Å². The molecule has 0 heterocycles. The maximum absolute atomic E-state index is 10.2. The van der Waals surface area contributed by atoms with Crippen LogP contribution in [0.1, 0.15) is 0 Å². The molecule has 10 heteroatoms. The summed E-state index contributed by atoms with van der Waals surface area (Å²) in [5.41, 5.74) is 9.20. The number of aliphatic carboxylic acids is 1. The van der Waals surface area contributed by atoms with Crippen molar-refractivity contribution < 1.29 is 61.3 Å². The van der Waals surface area contributed by atoms with E-state index < -0.39 is 24.2 Å². The Morgan fingerprint density at radius 2 is 1.36 bits per heavy atom. The maximum atomic E-state index is 10.2. The molecular formula is C4H8AgN4O4Zn. The van der Waals surface area contributed by atoms with Crippen LogP contribution in [0.3, 0.4) is 0 Å². The number of nitrogens with one attached hydrogen (secondary N) is 2. The number of nitrogens with two attached hydrogens (primary N) is 2. The largest absolute Gasteiger partial charge is 0.478 e. The smallest absolute Gasteiger partial charge is 0.347 e. The first-order valence-corrected chi connectivity index (χ1v) is 2.78. The van der Waals surface area contributed by atoms with E-state index in [9.17, 15) is 14.4 Å². The van der Waals surface area contributed by atoms with Crippen molar-refractivity contribution in [1.82, 2.24) is 10.6 Å². The van der Waals surface area contributed by atoms with Gasteiger partial charge in [-0.25, -0.2) is 14.4 Å². The van der Waals surface area contributed by atoms with Crippen molar-refractivity contribution in [2.45, 2.75) is 6.17 Å². The molecule has 0 spiro atoms. The Hall–Kier alpha value is -0.626. The van der Waals surface area contributed by atoms with Gasteiger partial charge in [0.15, 0.2) is 0 Å². The molecule has 81 valence electrons. The van der Waals surface area contributed by atoms with Gasteiger partial charge in [0.2, 0.25) is 6.17 Å². The van der Waals surface area contributed by atoms with E-state index >= 15 is 0 Å². The van der Waals surface area contributed by atoms with Crippen LogP contribution in [0, 0.1) is 0 Å². The summed E-state index contributed by atoms with van der Waals surface area (Å²) in [6.45, 7) is 0. The standard InChI is InChI=1S/C4H8N4O4.Ag.Zn/c5-3(11)7-1(2(9)10)8-4(6)12;;/h1H,(H,9,10)(H3,5,7,11)(H3,6,8,12);;. The van der Waals surface area contributed by atoms with Gasteiger partial charge in [0.25, 0.3) is 0 Å². The second kappa shape index (κ2) is 8.95. The van der Waals surface area contributed by atoms with Crippen molar-refractivity contribution in [3.63, 3.8) is 0 Å². The molecular weight excluding hydrogens is 341 g/mol. The summed E-state index contributed by atoms with van der Waals surface area (Å²) in [6.07, 6.45) is -1.60. The van der Waals surface area contributed by atoms with Crippen LogP contribution in [0.4, 0.5) is 9.59 Å². The number of amides is 4. The zero-order chi connectivity index (χ0) is 9.72. The van der Waals surface area contributed by atoms with Crippen molar-refractivity contribution in [1.29, 1.82) is 0 Å². The van der Waals surface area contributed by atoms with Crippen LogP contribution < -0.4 is 22.1 Å². The third-order valence-electron chi connectivity index (χ3n) is 0.820. The fraction of sp³-hybridized carbons (Fsp3) is 0.250. The van der Waals surface area contributed by atoms with E-state index in [4.69, 9.17) is 5.11 Å². The van der Waals surface area contributed by atoms with Gasteiger partial charge >= 0.3 is 18.0 Å². The summed E-state index contributed by atoms with van der Waals surface area (Å²) in [7, 11) is 0. The van der Waals surface area contributed by atoms with Crippen molar-refractivity contribution in [3.05, 3.63) is 0 Å². The van der Waals surface area contributed by atoms with Gasteiger partial charge in [0, 0.05) is 41.9 Å². The minimum atomic E-state index is -1.60. The molecule has 0 saturated carbocycles. The van der Waals surface area contributed by atoms with Gasteiger partial charge in [-0.15, -0.1) is 0 Å². The molecule has 0 aromatic heterocycles. The van der Waals surface area contributed by atoms with E-state index in [2.05, 4.69) is 11.5 Å². The summed E-state index contributed by atoms with van der Waals surface area (Å²) in [6, 6.07) is -2.15. The third-order valence-corrected chi connectivity index (χ3v) is 0.820. The normalized spacial score (nSPS) is 7.79. The zero-order valence-corrected chi connectivity index (χ0v) is 11.4. The summed E-state index contributed by atoms with van der Waals surface area (Å²) in [4.78, 5) is 30.5. The number of hydrogen-bond donors (Lipinski definition) is 5. The first kappa shape index (κ1) is 19.0. The molecule has 7 N–H and O–H groups in total. The van der Waals surface area contributed by atoms with Crippen LogP contribution in [0.2, 0.25) is 0 Å². The summed E-state index contributed by atoms with van der Waals surface area (Å²) in [5, 5.41) is 11.8. The zero-order valence-electron chi connectivity index (χ0n) is 6.91. The first-order chi connectivity index (χ1) is 5.43. The van der Waals surface area contributed by atoms with Gasteiger partial charge in [0.05, 0.1) is 0 Å². The molecule has 0 unspecified atom stereocenters. The SMILES string of the molecule is NC(=O)NC(NC(N)=O)C(=O)O.[Ag].[Zn]. The van der Waals surface area contributed by atoms with Gasteiger partial charge in [-0.3, -0.25) is 0 Å². The molecule has 1 radical (unpaired) electrons. The topological polar surface area (TPSA) is 148 Å². The number of hydrogen-bond acceptors (Lipinski definition) is 3. The van der Waals surface area contributed by atoms with Crippen LogP contribution in [0.25, 0.3) is 0 Å². The minimum absolute atomic E-state index is 0. The monoisotopic (exact) mass is 347 g/mol. The van der Waals surface area contributed by atoms with Gasteiger partial charge in [-0.2, -0.15) is 0 Å². The van der Waals surface area contributed by atoms with Crippen molar-refractivity contribution in [2.75, 3.05) is 0 Å². The second-order valence-electron chi connectivity index (χ2n) is 1.79. The number of carboxylic acids is 1. The van der Waals surface area contributed by atoms with E-state index in [1.165, 1.54) is 0 Å². The number of primary amides is 2. The van der Waals surface area contributed by atoms with E-state index in [1.807, 2.05) is 0 Å². The summed E-state index contributed by atoms with van der Waals surface area (Å²) < 4.78 is 0. The van der Waals surface area contributed by atoms with Crippen LogP contribution >= 0.6 is 0 Å². The average molecular weight is 349 g/mol. The van der Waals surface area contributed by atoms with E-state index in [-0.39, 0.29) is 41.9 Å². The predicted molar refractivity (Wildman–Crippen MR) is 36.9 cm³/mol. The quantitative estimate of drug-likeness (QED) is 0.289. The van der Waals surface area contributed by atoms with Crippen molar-refractivity contribution in [2.24, 2.45) is 11.5 Å². The fourth-order valence-electron chi connectivity index (χ4n) is 0.444. The number of rotatable bonds is 3. The molecule has 0 rings (SSSR count). The van der Waals surface area contributed by atoms with E-state index in [1.54, 1.807) is 10.6 Å². The minimum Gasteiger partial charge on any atom is -0.478 e. The third kappa shape index (κ3) is 9.46. The summed E-state index contributed by atoms with van der Waals surface area (Å²) >= 11 is 0. The Morgan fingerprint density at radius 1 is 1.07 bits per heavy atom. The molecule has 0 fully saturated rings. The number of carboxylic acid groups (broad SMARTS) is 1. The molecule has 0 aliphatic carbocycles. The Morgan fingerprint density at radius 3 is 1.50 bits per heavy atom. The molecule has 4 amide bonds. The van der Waals surface area contributed by atoms with E-state index in [0.29, 0.717) is 0 Å². The molecule has 0 aromatic carbocycles. The van der Waals surface area contributed by atoms with E-state index in [0.717, 1.165) is 0 Å². The summed E-state index contributed by atoms with van der Waals surface area (Å²) in [5.74, 6) is -1.47. The number of carbonyl (C=O) groups is 3. The predicted octanol–water partition coefficient (Wildman–Crippen LogP) is -2.27. The second-order valence-corrected chi connectivity index (χ2v) is 1.79. The molecule has 0 aliphatic rings. The molecule has 14 heavy (non-hydrogen) atoms. The van der Waals surface area contributed by atoms with Crippen molar-refractivity contribution >= 4 is 18.0 Å². The Bertz CT molecular complexity index is 209.